The van der Waals surface area contributed by atoms with Gasteiger partial charge in [0.2, 0.25) is 5.91 Å². The number of aromatic nitrogens is 3. The summed E-state index contributed by atoms with van der Waals surface area (Å²) < 4.78 is 1.96. The molecule has 2 aromatic heterocycles. The van der Waals surface area contributed by atoms with Gasteiger partial charge in [-0.05, 0) is 55.9 Å². The SMILES string of the molecule is CCc1cc(-c2nn3c(c2-c2ccncc2)CN(C(=O)/C=C/C(C(=O)O)N(C)C)CC3)ccc1Cl. The van der Waals surface area contributed by atoms with Crippen LogP contribution in [0, 0.1) is 0 Å². The zero-order valence-corrected chi connectivity index (χ0v) is 20.7. The Balaban J connectivity index is 1.72. The molecule has 1 amide bonds. The predicted molar refractivity (Wildman–Crippen MR) is 135 cm³/mol. The molecule has 8 nitrogen and oxygen atoms in total. The third-order valence-corrected chi connectivity index (χ3v) is 6.56. The number of carbonyl (C=O) groups excluding carboxylic acids is 1. The van der Waals surface area contributed by atoms with Crippen molar-refractivity contribution < 1.29 is 14.7 Å². The molecule has 1 aliphatic rings. The number of carbonyl (C=O) groups is 2. The van der Waals surface area contributed by atoms with E-state index < -0.39 is 12.0 Å². The molecule has 0 aliphatic carbocycles. The quantitative estimate of drug-likeness (QED) is 0.504. The molecule has 0 bridgehead atoms. The van der Waals surface area contributed by atoms with Crippen LogP contribution in [0.25, 0.3) is 22.4 Å². The first-order valence-corrected chi connectivity index (χ1v) is 11.8. The minimum absolute atomic E-state index is 0.229. The number of hydrogen-bond acceptors (Lipinski definition) is 5. The van der Waals surface area contributed by atoms with Crippen molar-refractivity contribution in [2.75, 3.05) is 20.6 Å². The summed E-state index contributed by atoms with van der Waals surface area (Å²) in [6, 6.07) is 8.94. The highest BCUT2D eigenvalue weighted by Crippen LogP contribution is 2.37. The topological polar surface area (TPSA) is 91.6 Å². The van der Waals surface area contributed by atoms with Gasteiger partial charge in [0, 0.05) is 41.2 Å². The summed E-state index contributed by atoms with van der Waals surface area (Å²) in [6.07, 6.45) is 7.06. The number of aryl methyl sites for hydroxylation is 1. The van der Waals surface area contributed by atoms with E-state index in [1.807, 2.05) is 28.9 Å². The number of benzene rings is 1. The number of halogens is 1. The maximum atomic E-state index is 13.0. The molecule has 1 aliphatic heterocycles. The van der Waals surface area contributed by atoms with Gasteiger partial charge in [-0.15, -0.1) is 0 Å². The van der Waals surface area contributed by atoms with Crippen LogP contribution in [0.3, 0.4) is 0 Å². The normalized spacial score (nSPS) is 14.4. The number of carboxylic acids is 1. The van der Waals surface area contributed by atoms with E-state index in [4.69, 9.17) is 16.7 Å². The molecule has 1 atom stereocenters. The zero-order valence-electron chi connectivity index (χ0n) is 20.0. The minimum Gasteiger partial charge on any atom is -0.480 e. The van der Waals surface area contributed by atoms with Crippen molar-refractivity contribution >= 4 is 23.5 Å². The van der Waals surface area contributed by atoms with Crippen molar-refractivity contribution in [3.05, 3.63) is 71.2 Å². The molecule has 9 heteroatoms. The number of amides is 1. The summed E-state index contributed by atoms with van der Waals surface area (Å²) in [5.41, 5.74) is 5.69. The third-order valence-electron chi connectivity index (χ3n) is 6.19. The van der Waals surface area contributed by atoms with Crippen molar-refractivity contribution in [1.82, 2.24) is 24.6 Å². The monoisotopic (exact) mass is 493 g/mol. The van der Waals surface area contributed by atoms with Crippen LogP contribution in [0.1, 0.15) is 18.2 Å². The molecule has 4 rings (SSSR count). The molecule has 0 saturated carbocycles. The smallest absolute Gasteiger partial charge is 0.324 e. The number of aliphatic carboxylic acids is 1. The van der Waals surface area contributed by atoms with Gasteiger partial charge < -0.3 is 10.0 Å². The van der Waals surface area contributed by atoms with Gasteiger partial charge in [0.05, 0.1) is 18.8 Å². The lowest BCUT2D eigenvalue weighted by molar-refractivity contribution is -0.140. The average Bonchev–Trinajstić information content (AvgIpc) is 3.23. The van der Waals surface area contributed by atoms with Gasteiger partial charge in [0.25, 0.3) is 0 Å². The van der Waals surface area contributed by atoms with Crippen molar-refractivity contribution in [2.24, 2.45) is 0 Å². The van der Waals surface area contributed by atoms with Crippen LogP contribution in [0.2, 0.25) is 5.02 Å². The summed E-state index contributed by atoms with van der Waals surface area (Å²) in [6.45, 7) is 3.45. The van der Waals surface area contributed by atoms with Crippen LogP contribution in [0.15, 0.2) is 54.9 Å². The fraction of sp³-hybridized carbons (Fsp3) is 0.308. The molecule has 35 heavy (non-hydrogen) atoms. The van der Waals surface area contributed by atoms with E-state index in [0.29, 0.717) is 19.6 Å². The van der Waals surface area contributed by atoms with Crippen molar-refractivity contribution in [1.29, 1.82) is 0 Å². The van der Waals surface area contributed by atoms with E-state index in [2.05, 4.69) is 18.0 Å². The summed E-state index contributed by atoms with van der Waals surface area (Å²) in [7, 11) is 3.33. The van der Waals surface area contributed by atoms with Gasteiger partial charge in [-0.25, -0.2) is 0 Å². The van der Waals surface area contributed by atoms with Crippen LogP contribution in [0.5, 0.6) is 0 Å². The molecular formula is C26H28ClN5O3. The van der Waals surface area contributed by atoms with E-state index in [1.54, 1.807) is 36.3 Å². The fourth-order valence-corrected chi connectivity index (χ4v) is 4.53. The Kier molecular flexibility index (Phi) is 7.33. The van der Waals surface area contributed by atoms with Crippen LogP contribution >= 0.6 is 11.6 Å². The molecule has 182 valence electrons. The number of hydrogen-bond donors (Lipinski definition) is 1. The number of fused-ring (bicyclic) bond motifs is 1. The molecule has 0 saturated heterocycles. The summed E-state index contributed by atoms with van der Waals surface area (Å²) >= 11 is 6.36. The maximum absolute atomic E-state index is 13.0. The highest BCUT2D eigenvalue weighted by atomic mass is 35.5. The first-order chi connectivity index (χ1) is 16.8. The lowest BCUT2D eigenvalue weighted by Crippen LogP contribution is -2.38. The second-order valence-corrected chi connectivity index (χ2v) is 9.06. The Morgan fingerprint density at radius 1 is 1.17 bits per heavy atom. The number of nitrogens with zero attached hydrogens (tertiary/aromatic N) is 5. The predicted octanol–water partition coefficient (Wildman–Crippen LogP) is 3.74. The average molecular weight is 494 g/mol. The summed E-state index contributed by atoms with van der Waals surface area (Å²) in [5.74, 6) is -1.23. The van der Waals surface area contributed by atoms with E-state index in [0.717, 1.165) is 45.1 Å². The molecule has 3 heterocycles. The lowest BCUT2D eigenvalue weighted by Gasteiger charge is -2.27. The van der Waals surface area contributed by atoms with Gasteiger partial charge in [-0.3, -0.25) is 24.2 Å². The van der Waals surface area contributed by atoms with E-state index in [1.165, 1.54) is 12.2 Å². The maximum Gasteiger partial charge on any atom is 0.324 e. The van der Waals surface area contributed by atoms with Crippen molar-refractivity contribution in [3.8, 4) is 22.4 Å². The van der Waals surface area contributed by atoms with E-state index in [-0.39, 0.29) is 5.91 Å². The Hall–Kier alpha value is -3.49. The van der Waals surface area contributed by atoms with E-state index in [9.17, 15) is 14.7 Å². The first-order valence-electron chi connectivity index (χ1n) is 11.4. The number of carboxylic acid groups (broad SMARTS) is 1. The summed E-state index contributed by atoms with van der Waals surface area (Å²) in [5, 5.41) is 15.0. The van der Waals surface area contributed by atoms with Crippen LogP contribution < -0.4 is 0 Å². The Morgan fingerprint density at radius 3 is 2.57 bits per heavy atom. The second kappa shape index (κ2) is 10.4. The van der Waals surface area contributed by atoms with Gasteiger partial charge in [-0.2, -0.15) is 5.10 Å². The Morgan fingerprint density at radius 2 is 1.91 bits per heavy atom. The number of rotatable bonds is 7. The fourth-order valence-electron chi connectivity index (χ4n) is 4.28. The lowest BCUT2D eigenvalue weighted by atomic mass is 9.97. The first kappa shape index (κ1) is 24.6. The Labute approximate surface area is 209 Å². The van der Waals surface area contributed by atoms with Crippen molar-refractivity contribution in [2.45, 2.75) is 32.5 Å². The molecule has 1 unspecified atom stereocenters. The van der Waals surface area contributed by atoms with Gasteiger partial charge in [0.1, 0.15) is 11.7 Å². The highest BCUT2D eigenvalue weighted by molar-refractivity contribution is 6.31. The van der Waals surface area contributed by atoms with Gasteiger partial charge in [-0.1, -0.05) is 30.7 Å². The van der Waals surface area contributed by atoms with Gasteiger partial charge in [0.15, 0.2) is 0 Å². The molecule has 0 spiro atoms. The van der Waals surface area contributed by atoms with E-state index >= 15 is 0 Å². The molecule has 0 fully saturated rings. The van der Waals surface area contributed by atoms with Crippen LogP contribution in [-0.4, -0.2) is 68.2 Å². The zero-order chi connectivity index (χ0) is 25.1. The summed E-state index contributed by atoms with van der Waals surface area (Å²) in [4.78, 5) is 31.8. The molecule has 3 aromatic rings. The van der Waals surface area contributed by atoms with Gasteiger partial charge >= 0.3 is 5.97 Å². The molecule has 1 aromatic carbocycles. The van der Waals surface area contributed by atoms with Crippen LogP contribution in [0.4, 0.5) is 0 Å². The highest BCUT2D eigenvalue weighted by Gasteiger charge is 2.28. The second-order valence-electron chi connectivity index (χ2n) is 8.65. The van der Waals surface area contributed by atoms with Crippen LogP contribution in [-0.2, 0) is 29.1 Å². The number of likely N-dealkylation sites (N-methyl/N-ethyl adjacent to an activating group) is 1. The standard InChI is InChI=1S/C26H28ClN5O3/c1-4-17-15-19(5-6-20(17)27)25-24(18-9-11-28-12-10-18)22-16-31(13-14-32(22)29-25)23(33)8-7-21(26(34)35)30(2)3/h5-12,15,21H,4,13-14,16H2,1-3H3,(H,34,35)/b8-7+. The molecule has 0 radical (unpaired) electrons. The number of pyridine rings is 1. The van der Waals surface area contributed by atoms with Crippen molar-refractivity contribution in [3.63, 3.8) is 0 Å². The molecular weight excluding hydrogens is 466 g/mol. The third kappa shape index (κ3) is 5.13. The largest absolute Gasteiger partial charge is 0.480 e. The molecule has 1 N–H and O–H groups in total. The minimum atomic E-state index is -1.00. The Bertz CT molecular complexity index is 1270.